The van der Waals surface area contributed by atoms with Gasteiger partial charge in [-0.15, -0.1) is 0 Å². The number of para-hydroxylation sites is 1. The number of nitrogens with two attached hydrogens (primary N) is 1. The summed E-state index contributed by atoms with van der Waals surface area (Å²) in [6, 6.07) is 5.54. The van der Waals surface area contributed by atoms with Crippen LogP contribution in [0.4, 0.5) is 5.95 Å². The highest BCUT2D eigenvalue weighted by atomic mass is 16.7. The molecule has 2 N–H and O–H groups in total. The van der Waals surface area contributed by atoms with Gasteiger partial charge >= 0.3 is 0 Å². The molecule has 2 aromatic heterocycles. The Balaban J connectivity index is 1.76. The van der Waals surface area contributed by atoms with Gasteiger partial charge < -0.3 is 24.8 Å². The van der Waals surface area contributed by atoms with Crippen molar-refractivity contribution in [3.05, 3.63) is 30.1 Å². The number of nitrogens with zero attached hydrogens (tertiary/aromatic N) is 4. The lowest BCUT2D eigenvalue weighted by Crippen LogP contribution is -2.52. The first-order valence-corrected chi connectivity index (χ1v) is 9.03. The summed E-state index contributed by atoms with van der Waals surface area (Å²) >= 11 is 0. The monoisotopic (exact) mass is 385 g/mol. The van der Waals surface area contributed by atoms with E-state index in [0.29, 0.717) is 35.7 Å². The van der Waals surface area contributed by atoms with Gasteiger partial charge in [-0.25, -0.2) is 9.97 Å². The highest BCUT2D eigenvalue weighted by molar-refractivity contribution is 5.99. The molecule has 0 bridgehead atoms. The third kappa shape index (κ3) is 2.83. The summed E-state index contributed by atoms with van der Waals surface area (Å²) in [6.07, 6.45) is 3.13. The predicted molar refractivity (Wildman–Crippen MR) is 103 cm³/mol. The molecule has 9 heteroatoms. The fourth-order valence-electron chi connectivity index (χ4n) is 3.74. The van der Waals surface area contributed by atoms with E-state index in [1.165, 1.54) is 0 Å². The van der Waals surface area contributed by atoms with E-state index in [4.69, 9.17) is 19.9 Å². The van der Waals surface area contributed by atoms with Crippen molar-refractivity contribution in [2.45, 2.75) is 18.6 Å². The number of hydrogen-bond acceptors (Lipinski definition) is 7. The number of ether oxygens (including phenoxy) is 3. The molecule has 0 radical (unpaired) electrons. The molecule has 0 saturated carbocycles. The molecular weight excluding hydrogens is 362 g/mol. The van der Waals surface area contributed by atoms with Gasteiger partial charge in [0.25, 0.3) is 5.91 Å². The first-order chi connectivity index (χ1) is 13.5. The van der Waals surface area contributed by atoms with Crippen LogP contribution in [-0.2, 0) is 9.47 Å². The second-order valence-corrected chi connectivity index (χ2v) is 6.80. The summed E-state index contributed by atoms with van der Waals surface area (Å²) in [5.41, 5.74) is 7.58. The van der Waals surface area contributed by atoms with E-state index in [9.17, 15) is 4.79 Å². The maximum atomic E-state index is 13.1. The predicted octanol–water partition coefficient (Wildman–Crippen LogP) is 1.70. The van der Waals surface area contributed by atoms with E-state index in [0.717, 1.165) is 18.2 Å². The zero-order valence-corrected chi connectivity index (χ0v) is 16.1. The van der Waals surface area contributed by atoms with Crippen LogP contribution in [0.15, 0.2) is 24.4 Å². The van der Waals surface area contributed by atoms with Crippen molar-refractivity contribution in [2.75, 3.05) is 40.2 Å². The van der Waals surface area contributed by atoms with Crippen LogP contribution in [-0.4, -0.2) is 65.4 Å². The molecule has 9 nitrogen and oxygen atoms in total. The number of rotatable bonds is 4. The fraction of sp³-hybridized carbons (Fsp3) is 0.421. The Labute approximate surface area is 162 Å². The lowest BCUT2D eigenvalue weighted by atomic mass is 10.0. The first-order valence-electron chi connectivity index (χ1n) is 9.03. The maximum Gasteiger partial charge on any atom is 0.274 e. The van der Waals surface area contributed by atoms with E-state index in [-0.39, 0.29) is 11.9 Å². The van der Waals surface area contributed by atoms with Gasteiger partial charge in [-0.3, -0.25) is 9.20 Å². The van der Waals surface area contributed by atoms with Gasteiger partial charge in [0.05, 0.1) is 13.7 Å². The molecule has 3 heterocycles. The highest BCUT2D eigenvalue weighted by Crippen LogP contribution is 2.29. The molecule has 1 saturated heterocycles. The van der Waals surface area contributed by atoms with Gasteiger partial charge in [0.1, 0.15) is 22.6 Å². The topological polar surface area (TPSA) is 104 Å². The number of likely N-dealkylation sites (tertiary alicyclic amines) is 1. The van der Waals surface area contributed by atoms with Crippen LogP contribution in [0.2, 0.25) is 0 Å². The number of methoxy groups -OCH3 is 3. The molecule has 1 aliphatic heterocycles. The van der Waals surface area contributed by atoms with Crippen molar-refractivity contribution in [3.8, 4) is 5.75 Å². The average Bonchev–Trinajstić information content (AvgIpc) is 3.19. The van der Waals surface area contributed by atoms with Crippen molar-refractivity contribution in [2.24, 2.45) is 0 Å². The van der Waals surface area contributed by atoms with E-state index in [1.54, 1.807) is 36.8 Å². The summed E-state index contributed by atoms with van der Waals surface area (Å²) in [5, 5.41) is 0.759. The van der Waals surface area contributed by atoms with E-state index >= 15 is 0 Å². The number of carbonyl (C=O) groups excluding carboxylic acids is 1. The molecule has 0 aliphatic carbocycles. The number of amides is 1. The van der Waals surface area contributed by atoms with Crippen molar-refractivity contribution in [3.63, 3.8) is 0 Å². The average molecular weight is 385 g/mol. The Morgan fingerprint density at radius 3 is 2.71 bits per heavy atom. The molecule has 0 unspecified atom stereocenters. The van der Waals surface area contributed by atoms with Crippen LogP contribution in [0.25, 0.3) is 16.6 Å². The van der Waals surface area contributed by atoms with Crippen molar-refractivity contribution < 1.29 is 19.0 Å². The summed E-state index contributed by atoms with van der Waals surface area (Å²) in [7, 11) is 4.76. The Morgan fingerprint density at radius 2 is 2.00 bits per heavy atom. The minimum Gasteiger partial charge on any atom is -0.494 e. The molecule has 4 rings (SSSR count). The summed E-state index contributed by atoms with van der Waals surface area (Å²) in [4.78, 5) is 23.8. The molecule has 0 atom stereocenters. The lowest BCUT2D eigenvalue weighted by molar-refractivity contribution is -0.227. The zero-order chi connectivity index (χ0) is 19.9. The van der Waals surface area contributed by atoms with Crippen molar-refractivity contribution in [1.29, 1.82) is 0 Å². The van der Waals surface area contributed by atoms with Crippen LogP contribution < -0.4 is 10.5 Å². The minimum absolute atomic E-state index is 0.197. The van der Waals surface area contributed by atoms with E-state index in [1.807, 2.05) is 18.2 Å². The van der Waals surface area contributed by atoms with Crippen LogP contribution in [0.3, 0.4) is 0 Å². The number of fused-ring (bicyclic) bond motifs is 3. The van der Waals surface area contributed by atoms with Gasteiger partial charge in [-0.1, -0.05) is 6.07 Å². The van der Waals surface area contributed by atoms with Gasteiger partial charge in [-0.2, -0.15) is 0 Å². The second kappa shape index (κ2) is 6.92. The Bertz CT molecular complexity index is 1040. The highest BCUT2D eigenvalue weighted by Gasteiger charge is 2.38. The molecular formula is C19H23N5O4. The number of anilines is 1. The van der Waals surface area contributed by atoms with Crippen LogP contribution >= 0.6 is 0 Å². The van der Waals surface area contributed by atoms with E-state index in [2.05, 4.69) is 9.97 Å². The smallest absolute Gasteiger partial charge is 0.274 e. The van der Waals surface area contributed by atoms with Crippen LogP contribution in [0, 0.1) is 0 Å². The van der Waals surface area contributed by atoms with Gasteiger partial charge in [0.2, 0.25) is 5.95 Å². The number of imidazole rings is 1. The lowest BCUT2D eigenvalue weighted by Gasteiger charge is -2.40. The normalized spacial score (nSPS) is 16.6. The maximum absolute atomic E-state index is 13.1. The summed E-state index contributed by atoms with van der Waals surface area (Å²) in [5.74, 6) is -0.144. The Hall–Kier alpha value is -2.91. The van der Waals surface area contributed by atoms with Crippen molar-refractivity contribution in [1.82, 2.24) is 19.3 Å². The second-order valence-electron chi connectivity index (χ2n) is 6.80. The number of aromatic nitrogens is 3. The Morgan fingerprint density at radius 1 is 1.21 bits per heavy atom. The summed E-state index contributed by atoms with van der Waals surface area (Å²) in [6.45, 7) is 0.957. The molecule has 1 aromatic carbocycles. The van der Waals surface area contributed by atoms with Gasteiger partial charge in [0.15, 0.2) is 5.79 Å². The summed E-state index contributed by atoms with van der Waals surface area (Å²) < 4.78 is 18.0. The fourth-order valence-corrected chi connectivity index (χ4v) is 3.74. The number of piperidine rings is 1. The molecule has 0 spiro atoms. The number of benzene rings is 1. The third-order valence-corrected chi connectivity index (χ3v) is 5.31. The zero-order valence-electron chi connectivity index (χ0n) is 16.1. The molecule has 1 amide bonds. The first kappa shape index (κ1) is 18.5. The minimum atomic E-state index is -0.784. The van der Waals surface area contributed by atoms with Gasteiger partial charge in [-0.05, 0) is 18.6 Å². The van der Waals surface area contributed by atoms with Gasteiger partial charge in [0, 0.05) is 38.8 Å². The number of carbonyl (C=O) groups is 1. The molecule has 28 heavy (non-hydrogen) atoms. The third-order valence-electron chi connectivity index (χ3n) is 5.31. The largest absolute Gasteiger partial charge is 0.494 e. The van der Waals surface area contributed by atoms with Crippen LogP contribution in [0.5, 0.6) is 5.75 Å². The standard InChI is InChI=1S/C19H23N5O4/c1-26-14-7-4-6-12-15(14)22-18(20)24-10-13(21-16(12)24)17(25)23-9-5-8-19(11-23,27-2)28-3/h4,6-7,10H,5,8-9,11H2,1-3H3,(H2,20,22). The number of hydrogen-bond donors (Lipinski definition) is 1. The van der Waals surface area contributed by atoms with E-state index < -0.39 is 5.79 Å². The molecule has 3 aromatic rings. The molecule has 148 valence electrons. The SMILES string of the molecule is COc1cccc2c1nc(N)n1cc(C(=O)N3CCCC(OC)(OC)C3)nc21. The number of nitrogen functional groups attached to an aromatic ring is 1. The molecule has 1 fully saturated rings. The Kier molecular flexibility index (Phi) is 4.56. The van der Waals surface area contributed by atoms with Crippen LogP contribution in [0.1, 0.15) is 23.3 Å². The molecule has 1 aliphatic rings. The van der Waals surface area contributed by atoms with Crippen molar-refractivity contribution >= 4 is 28.4 Å². The quantitative estimate of drug-likeness (QED) is 0.682.